The Balaban J connectivity index is 1.62. The second-order valence-corrected chi connectivity index (χ2v) is 6.56. The average Bonchev–Trinajstić information content (AvgIpc) is 2.95. The summed E-state index contributed by atoms with van der Waals surface area (Å²) in [5, 5.41) is 3.39. The topological polar surface area (TPSA) is 40.7 Å². The fourth-order valence-electron chi connectivity index (χ4n) is 1.84. The SMILES string of the molecule is Brc1ccc(CNCc2nc3ccccc3[nH]2)s1. The molecule has 18 heavy (non-hydrogen) atoms. The monoisotopic (exact) mass is 321 g/mol. The van der Waals surface area contributed by atoms with Crippen LogP contribution >= 0.6 is 27.3 Å². The van der Waals surface area contributed by atoms with Gasteiger partial charge in [0, 0.05) is 11.4 Å². The van der Waals surface area contributed by atoms with E-state index in [1.165, 1.54) is 8.66 Å². The molecule has 3 nitrogen and oxygen atoms in total. The lowest BCUT2D eigenvalue weighted by Crippen LogP contribution is -2.12. The van der Waals surface area contributed by atoms with Gasteiger partial charge in [0.15, 0.2) is 0 Å². The Bertz CT molecular complexity index is 626. The second kappa shape index (κ2) is 5.22. The molecule has 1 aromatic carbocycles. The molecule has 0 bridgehead atoms. The number of hydrogen-bond acceptors (Lipinski definition) is 3. The van der Waals surface area contributed by atoms with Crippen LogP contribution in [0.1, 0.15) is 10.7 Å². The molecule has 0 spiro atoms. The number of nitrogens with one attached hydrogen (secondary N) is 2. The van der Waals surface area contributed by atoms with Crippen LogP contribution < -0.4 is 5.32 Å². The predicted octanol–water partition coefficient (Wildman–Crippen LogP) is 3.68. The molecule has 3 rings (SSSR count). The maximum absolute atomic E-state index is 4.53. The number of benzene rings is 1. The number of rotatable bonds is 4. The van der Waals surface area contributed by atoms with Crippen molar-refractivity contribution in [3.63, 3.8) is 0 Å². The van der Waals surface area contributed by atoms with Gasteiger partial charge in [-0.15, -0.1) is 11.3 Å². The van der Waals surface area contributed by atoms with Crippen LogP contribution in [0.15, 0.2) is 40.2 Å². The highest BCUT2D eigenvalue weighted by Crippen LogP contribution is 2.21. The minimum atomic E-state index is 0.754. The van der Waals surface area contributed by atoms with Gasteiger partial charge in [-0.2, -0.15) is 0 Å². The zero-order valence-electron chi connectivity index (χ0n) is 9.61. The van der Waals surface area contributed by atoms with Crippen molar-refractivity contribution < 1.29 is 0 Å². The number of H-pyrrole nitrogens is 1. The fraction of sp³-hybridized carbons (Fsp3) is 0.154. The van der Waals surface area contributed by atoms with Crippen LogP contribution in [0.5, 0.6) is 0 Å². The molecule has 0 unspecified atom stereocenters. The first-order valence-electron chi connectivity index (χ1n) is 5.70. The van der Waals surface area contributed by atoms with E-state index in [4.69, 9.17) is 0 Å². The molecule has 0 aliphatic rings. The van der Waals surface area contributed by atoms with E-state index in [0.717, 1.165) is 29.9 Å². The first kappa shape index (κ1) is 11.9. The van der Waals surface area contributed by atoms with E-state index < -0.39 is 0 Å². The molecule has 0 aliphatic heterocycles. The zero-order chi connectivity index (χ0) is 12.4. The number of aromatic nitrogens is 2. The minimum Gasteiger partial charge on any atom is -0.341 e. The minimum absolute atomic E-state index is 0.754. The van der Waals surface area contributed by atoms with Gasteiger partial charge in [-0.05, 0) is 40.2 Å². The molecular formula is C13H12BrN3S. The summed E-state index contributed by atoms with van der Waals surface area (Å²) in [5.74, 6) is 0.979. The number of thiophene rings is 1. The molecule has 0 atom stereocenters. The highest BCUT2D eigenvalue weighted by atomic mass is 79.9. The zero-order valence-corrected chi connectivity index (χ0v) is 12.0. The number of aromatic amines is 1. The molecule has 0 aliphatic carbocycles. The van der Waals surface area contributed by atoms with Gasteiger partial charge in [0.1, 0.15) is 5.82 Å². The van der Waals surface area contributed by atoms with Crippen LogP contribution in [0.2, 0.25) is 0 Å². The molecule has 0 saturated carbocycles. The maximum atomic E-state index is 4.53. The number of hydrogen-bond donors (Lipinski definition) is 2. The van der Waals surface area contributed by atoms with Crippen molar-refractivity contribution in [1.29, 1.82) is 0 Å². The lowest BCUT2D eigenvalue weighted by atomic mass is 10.3. The molecule has 2 heterocycles. The van der Waals surface area contributed by atoms with Gasteiger partial charge in [0.05, 0.1) is 21.4 Å². The normalized spacial score (nSPS) is 11.2. The third-order valence-corrected chi connectivity index (χ3v) is 4.28. The molecular weight excluding hydrogens is 310 g/mol. The van der Waals surface area contributed by atoms with Gasteiger partial charge >= 0.3 is 0 Å². The molecule has 0 amide bonds. The second-order valence-electron chi connectivity index (χ2n) is 4.01. The Hall–Kier alpha value is -1.17. The van der Waals surface area contributed by atoms with Crippen LogP contribution in [0.3, 0.4) is 0 Å². The summed E-state index contributed by atoms with van der Waals surface area (Å²) in [6.45, 7) is 1.62. The fourth-order valence-corrected chi connectivity index (χ4v) is 3.29. The molecule has 0 saturated heterocycles. The van der Waals surface area contributed by atoms with Crippen molar-refractivity contribution in [1.82, 2.24) is 15.3 Å². The van der Waals surface area contributed by atoms with E-state index in [2.05, 4.69) is 43.3 Å². The van der Waals surface area contributed by atoms with Crippen LogP contribution in [0, 0.1) is 0 Å². The van der Waals surface area contributed by atoms with Gasteiger partial charge in [-0.1, -0.05) is 12.1 Å². The van der Waals surface area contributed by atoms with Gasteiger partial charge in [0.25, 0.3) is 0 Å². The van der Waals surface area contributed by atoms with E-state index in [0.29, 0.717) is 0 Å². The summed E-state index contributed by atoms with van der Waals surface area (Å²) in [4.78, 5) is 9.15. The molecule has 0 radical (unpaired) electrons. The van der Waals surface area contributed by atoms with Crippen molar-refractivity contribution in [3.05, 3.63) is 50.9 Å². The van der Waals surface area contributed by atoms with Crippen LogP contribution in [0.4, 0.5) is 0 Å². The summed E-state index contributed by atoms with van der Waals surface area (Å²) in [7, 11) is 0. The van der Waals surface area contributed by atoms with Crippen molar-refractivity contribution in [2.45, 2.75) is 13.1 Å². The highest BCUT2D eigenvalue weighted by molar-refractivity contribution is 9.11. The van der Waals surface area contributed by atoms with Gasteiger partial charge in [-0.25, -0.2) is 4.98 Å². The highest BCUT2D eigenvalue weighted by Gasteiger charge is 2.02. The number of nitrogens with zero attached hydrogens (tertiary/aromatic N) is 1. The van der Waals surface area contributed by atoms with Gasteiger partial charge in [0.2, 0.25) is 0 Å². The molecule has 3 aromatic rings. The number of fused-ring (bicyclic) bond motifs is 1. The lowest BCUT2D eigenvalue weighted by molar-refractivity contribution is 0.677. The third kappa shape index (κ3) is 2.63. The summed E-state index contributed by atoms with van der Waals surface area (Å²) < 4.78 is 1.17. The van der Waals surface area contributed by atoms with Crippen molar-refractivity contribution in [2.24, 2.45) is 0 Å². The Morgan fingerprint density at radius 2 is 2.06 bits per heavy atom. The Morgan fingerprint density at radius 1 is 1.17 bits per heavy atom. The van der Waals surface area contributed by atoms with Gasteiger partial charge < -0.3 is 10.3 Å². The van der Waals surface area contributed by atoms with E-state index in [1.807, 2.05) is 24.3 Å². The number of imidazole rings is 1. The van der Waals surface area contributed by atoms with E-state index in [9.17, 15) is 0 Å². The maximum Gasteiger partial charge on any atom is 0.121 e. The Morgan fingerprint density at radius 3 is 2.83 bits per heavy atom. The van der Waals surface area contributed by atoms with Gasteiger partial charge in [-0.3, -0.25) is 0 Å². The summed E-state index contributed by atoms with van der Waals surface area (Å²) in [5.41, 5.74) is 2.11. The first-order valence-corrected chi connectivity index (χ1v) is 7.31. The predicted molar refractivity (Wildman–Crippen MR) is 78.7 cm³/mol. The largest absolute Gasteiger partial charge is 0.341 e. The first-order chi connectivity index (χ1) is 8.81. The molecule has 5 heteroatoms. The Labute approximate surface area is 117 Å². The third-order valence-electron chi connectivity index (χ3n) is 2.66. The summed E-state index contributed by atoms with van der Waals surface area (Å²) >= 11 is 5.22. The van der Waals surface area contributed by atoms with Crippen molar-refractivity contribution in [2.75, 3.05) is 0 Å². The molecule has 2 N–H and O–H groups in total. The van der Waals surface area contributed by atoms with E-state index in [1.54, 1.807) is 11.3 Å². The molecule has 2 aromatic heterocycles. The summed E-state index contributed by atoms with van der Waals surface area (Å²) in [6.07, 6.45) is 0. The Kier molecular flexibility index (Phi) is 3.45. The molecule has 0 fully saturated rings. The number of para-hydroxylation sites is 2. The van der Waals surface area contributed by atoms with E-state index >= 15 is 0 Å². The summed E-state index contributed by atoms with van der Waals surface area (Å²) in [6, 6.07) is 12.3. The van der Waals surface area contributed by atoms with Crippen molar-refractivity contribution in [3.8, 4) is 0 Å². The quantitative estimate of drug-likeness (QED) is 0.769. The van der Waals surface area contributed by atoms with Crippen LogP contribution in [0.25, 0.3) is 11.0 Å². The standard InChI is InChI=1S/C13H12BrN3S/c14-12-6-5-9(18-12)7-15-8-13-16-10-3-1-2-4-11(10)17-13/h1-6,15H,7-8H2,(H,16,17). The number of halogens is 1. The lowest BCUT2D eigenvalue weighted by Gasteiger charge is -1.99. The van der Waals surface area contributed by atoms with E-state index in [-0.39, 0.29) is 0 Å². The van der Waals surface area contributed by atoms with Crippen LogP contribution in [-0.4, -0.2) is 9.97 Å². The molecule has 92 valence electrons. The van der Waals surface area contributed by atoms with Crippen molar-refractivity contribution >= 4 is 38.3 Å². The van der Waals surface area contributed by atoms with Crippen LogP contribution in [-0.2, 0) is 13.1 Å². The smallest absolute Gasteiger partial charge is 0.121 e. The average molecular weight is 322 g/mol.